The van der Waals surface area contributed by atoms with Crippen LogP contribution < -0.4 is 9.47 Å². The molecule has 0 aromatic heterocycles. The predicted octanol–water partition coefficient (Wildman–Crippen LogP) is 3.15. The standard InChI is InChI=1S/C23H27FN2O4/c1-16-12-26(17(2)11-25(16)13-18-7-9-19(24)10-8-18)23(28)15-30-22-6-4-5-21(29-3)20(22)14-27/h4-10,14,16-17H,11-13,15H2,1-3H3. The van der Waals surface area contributed by atoms with Crippen LogP contribution in [0.15, 0.2) is 42.5 Å². The molecule has 6 nitrogen and oxygen atoms in total. The van der Waals surface area contributed by atoms with Gasteiger partial charge in [0.05, 0.1) is 12.7 Å². The summed E-state index contributed by atoms with van der Waals surface area (Å²) in [6.45, 7) is 5.92. The fraction of sp³-hybridized carbons (Fsp3) is 0.391. The van der Waals surface area contributed by atoms with Crippen LogP contribution in [-0.2, 0) is 11.3 Å². The summed E-state index contributed by atoms with van der Waals surface area (Å²) in [5, 5.41) is 0. The van der Waals surface area contributed by atoms with E-state index in [0.29, 0.717) is 43.0 Å². The summed E-state index contributed by atoms with van der Waals surface area (Å²) in [5.74, 6) is 0.361. The molecule has 2 unspecified atom stereocenters. The molecular weight excluding hydrogens is 387 g/mol. The second kappa shape index (κ2) is 9.71. The fourth-order valence-corrected chi connectivity index (χ4v) is 3.76. The first-order valence-electron chi connectivity index (χ1n) is 9.96. The lowest BCUT2D eigenvalue weighted by molar-refractivity contribution is -0.139. The Kier molecular flexibility index (Phi) is 7.05. The third-order valence-corrected chi connectivity index (χ3v) is 5.45. The van der Waals surface area contributed by atoms with E-state index in [1.807, 2.05) is 11.8 Å². The smallest absolute Gasteiger partial charge is 0.260 e. The van der Waals surface area contributed by atoms with E-state index in [0.717, 1.165) is 5.56 Å². The fourth-order valence-electron chi connectivity index (χ4n) is 3.76. The number of methoxy groups -OCH3 is 1. The molecule has 2 aromatic carbocycles. The highest BCUT2D eigenvalue weighted by molar-refractivity contribution is 5.84. The lowest BCUT2D eigenvalue weighted by Gasteiger charge is -2.44. The van der Waals surface area contributed by atoms with Gasteiger partial charge in [-0.25, -0.2) is 4.39 Å². The Bertz CT molecular complexity index is 887. The van der Waals surface area contributed by atoms with Gasteiger partial charge in [-0.15, -0.1) is 0 Å². The molecule has 2 aromatic rings. The molecule has 2 atom stereocenters. The highest BCUT2D eigenvalue weighted by Gasteiger charge is 2.32. The van der Waals surface area contributed by atoms with Crippen molar-refractivity contribution in [3.63, 3.8) is 0 Å². The average Bonchev–Trinajstić information content (AvgIpc) is 2.75. The van der Waals surface area contributed by atoms with Crippen LogP contribution in [0.25, 0.3) is 0 Å². The van der Waals surface area contributed by atoms with Crippen LogP contribution in [0.2, 0.25) is 0 Å². The van der Waals surface area contributed by atoms with Crippen molar-refractivity contribution in [1.29, 1.82) is 0 Å². The van der Waals surface area contributed by atoms with E-state index >= 15 is 0 Å². The van der Waals surface area contributed by atoms with Gasteiger partial charge in [-0.1, -0.05) is 18.2 Å². The Morgan fingerprint density at radius 2 is 1.80 bits per heavy atom. The van der Waals surface area contributed by atoms with Gasteiger partial charge in [-0.3, -0.25) is 14.5 Å². The van der Waals surface area contributed by atoms with E-state index in [1.165, 1.54) is 19.2 Å². The van der Waals surface area contributed by atoms with Crippen molar-refractivity contribution >= 4 is 12.2 Å². The zero-order valence-corrected chi connectivity index (χ0v) is 17.5. The molecule has 1 amide bonds. The number of benzene rings is 2. The third kappa shape index (κ3) is 4.97. The van der Waals surface area contributed by atoms with E-state index in [2.05, 4.69) is 11.8 Å². The van der Waals surface area contributed by atoms with Crippen molar-refractivity contribution in [2.45, 2.75) is 32.5 Å². The maximum Gasteiger partial charge on any atom is 0.260 e. The number of nitrogens with zero attached hydrogens (tertiary/aromatic N) is 2. The van der Waals surface area contributed by atoms with Crippen molar-refractivity contribution in [2.24, 2.45) is 0 Å². The molecule has 0 aliphatic carbocycles. The van der Waals surface area contributed by atoms with E-state index in [9.17, 15) is 14.0 Å². The molecule has 160 valence electrons. The second-order valence-corrected chi connectivity index (χ2v) is 7.58. The highest BCUT2D eigenvalue weighted by Crippen LogP contribution is 2.26. The Morgan fingerprint density at radius 1 is 1.10 bits per heavy atom. The van der Waals surface area contributed by atoms with Crippen molar-refractivity contribution in [3.05, 3.63) is 59.4 Å². The van der Waals surface area contributed by atoms with Crippen molar-refractivity contribution < 1.29 is 23.5 Å². The number of halogens is 1. The number of piperazine rings is 1. The van der Waals surface area contributed by atoms with Gasteiger partial charge in [0.1, 0.15) is 17.3 Å². The Hall–Kier alpha value is -2.93. The van der Waals surface area contributed by atoms with E-state index < -0.39 is 0 Å². The molecule has 1 aliphatic heterocycles. The van der Waals surface area contributed by atoms with Crippen LogP contribution in [-0.4, -0.2) is 60.9 Å². The van der Waals surface area contributed by atoms with Gasteiger partial charge >= 0.3 is 0 Å². The number of hydrogen-bond donors (Lipinski definition) is 0. The minimum absolute atomic E-state index is 0.00796. The summed E-state index contributed by atoms with van der Waals surface area (Å²) in [7, 11) is 1.48. The van der Waals surface area contributed by atoms with Gasteiger partial charge in [-0.2, -0.15) is 0 Å². The number of hydrogen-bond acceptors (Lipinski definition) is 5. The SMILES string of the molecule is COc1cccc(OCC(=O)N2CC(C)N(Cc3ccc(F)cc3)CC2C)c1C=O. The van der Waals surface area contributed by atoms with E-state index in [-0.39, 0.29) is 30.4 Å². The van der Waals surface area contributed by atoms with Crippen LogP contribution in [0.4, 0.5) is 4.39 Å². The molecule has 0 saturated carbocycles. The summed E-state index contributed by atoms with van der Waals surface area (Å²) < 4.78 is 24.0. The second-order valence-electron chi connectivity index (χ2n) is 7.58. The summed E-state index contributed by atoms with van der Waals surface area (Å²) >= 11 is 0. The molecule has 1 aliphatic rings. The Morgan fingerprint density at radius 3 is 2.47 bits per heavy atom. The van der Waals surface area contributed by atoms with Crippen molar-refractivity contribution in [3.8, 4) is 11.5 Å². The van der Waals surface area contributed by atoms with E-state index in [4.69, 9.17) is 9.47 Å². The summed E-state index contributed by atoms with van der Waals surface area (Å²) in [5.41, 5.74) is 1.33. The molecule has 30 heavy (non-hydrogen) atoms. The van der Waals surface area contributed by atoms with Crippen LogP contribution in [0.1, 0.15) is 29.8 Å². The topological polar surface area (TPSA) is 59.1 Å². The molecule has 1 saturated heterocycles. The summed E-state index contributed by atoms with van der Waals surface area (Å²) in [4.78, 5) is 28.3. The van der Waals surface area contributed by atoms with Crippen LogP contribution in [0.5, 0.6) is 11.5 Å². The number of carbonyl (C=O) groups excluding carboxylic acids is 2. The monoisotopic (exact) mass is 414 g/mol. The highest BCUT2D eigenvalue weighted by atomic mass is 19.1. The largest absolute Gasteiger partial charge is 0.496 e. The molecule has 1 heterocycles. The van der Waals surface area contributed by atoms with E-state index in [1.54, 1.807) is 30.3 Å². The maximum absolute atomic E-state index is 13.1. The Labute approximate surface area is 176 Å². The minimum Gasteiger partial charge on any atom is -0.496 e. The van der Waals surface area contributed by atoms with Crippen LogP contribution in [0, 0.1) is 5.82 Å². The number of aldehydes is 1. The molecular formula is C23H27FN2O4. The molecule has 1 fully saturated rings. The van der Waals surface area contributed by atoms with Crippen molar-refractivity contribution in [1.82, 2.24) is 9.80 Å². The molecule has 0 N–H and O–H groups in total. The first-order chi connectivity index (χ1) is 14.4. The Balaban J connectivity index is 1.60. The molecule has 0 bridgehead atoms. The van der Waals surface area contributed by atoms with Crippen LogP contribution in [0.3, 0.4) is 0 Å². The number of carbonyl (C=O) groups is 2. The normalized spacial score (nSPS) is 19.4. The molecule has 0 radical (unpaired) electrons. The molecule has 7 heteroatoms. The lowest BCUT2D eigenvalue weighted by atomic mass is 10.1. The van der Waals surface area contributed by atoms with Gasteiger partial charge in [0.25, 0.3) is 5.91 Å². The molecule has 3 rings (SSSR count). The zero-order valence-electron chi connectivity index (χ0n) is 17.5. The van der Waals surface area contributed by atoms with Crippen LogP contribution >= 0.6 is 0 Å². The third-order valence-electron chi connectivity index (χ3n) is 5.45. The van der Waals surface area contributed by atoms with Gasteiger partial charge < -0.3 is 14.4 Å². The maximum atomic E-state index is 13.1. The predicted molar refractivity (Wildman–Crippen MR) is 111 cm³/mol. The molecule has 0 spiro atoms. The first kappa shape index (κ1) is 21.8. The van der Waals surface area contributed by atoms with Gasteiger partial charge in [0.15, 0.2) is 12.9 Å². The first-order valence-corrected chi connectivity index (χ1v) is 9.96. The number of rotatable bonds is 7. The average molecular weight is 414 g/mol. The zero-order chi connectivity index (χ0) is 21.7. The number of ether oxygens (including phenoxy) is 2. The van der Waals surface area contributed by atoms with Crippen molar-refractivity contribution in [2.75, 3.05) is 26.8 Å². The van der Waals surface area contributed by atoms with Gasteiger partial charge in [0.2, 0.25) is 0 Å². The minimum atomic E-state index is -0.246. The quantitative estimate of drug-likeness (QED) is 0.652. The summed E-state index contributed by atoms with van der Waals surface area (Å²) in [6.07, 6.45) is 0.664. The lowest BCUT2D eigenvalue weighted by Crippen LogP contribution is -2.58. The number of amides is 1. The summed E-state index contributed by atoms with van der Waals surface area (Å²) in [6, 6.07) is 11.7. The van der Waals surface area contributed by atoms with Gasteiger partial charge in [0, 0.05) is 31.7 Å². The van der Waals surface area contributed by atoms with Gasteiger partial charge in [-0.05, 0) is 43.7 Å².